The number of aliphatic imine (C=N–C) groups is 1. The van der Waals surface area contributed by atoms with E-state index in [0.29, 0.717) is 11.3 Å². The molecule has 0 radical (unpaired) electrons. The van der Waals surface area contributed by atoms with Crippen LogP contribution in [-0.4, -0.2) is 5.16 Å². The van der Waals surface area contributed by atoms with E-state index in [-0.39, 0.29) is 0 Å². The average Bonchev–Trinajstić information content (AvgIpc) is 2.96. The summed E-state index contributed by atoms with van der Waals surface area (Å²) in [6, 6.07) is 10.0. The van der Waals surface area contributed by atoms with Gasteiger partial charge in [0.05, 0.1) is 29.1 Å². The van der Waals surface area contributed by atoms with E-state index in [2.05, 4.69) is 40.2 Å². The minimum atomic E-state index is 0.464. The van der Waals surface area contributed by atoms with E-state index in [1.54, 1.807) is 11.3 Å². The van der Waals surface area contributed by atoms with Crippen LogP contribution in [-0.2, 0) is 0 Å². The van der Waals surface area contributed by atoms with Crippen LogP contribution in [0.2, 0.25) is 0 Å². The van der Waals surface area contributed by atoms with Crippen LogP contribution in [0.4, 0.5) is 11.4 Å². The predicted molar refractivity (Wildman–Crippen MR) is 107 cm³/mol. The van der Waals surface area contributed by atoms with E-state index in [0.717, 1.165) is 42.9 Å². The molecule has 1 aromatic heterocycles. The van der Waals surface area contributed by atoms with Gasteiger partial charge in [0.15, 0.2) is 0 Å². The van der Waals surface area contributed by atoms with Gasteiger partial charge in [0.1, 0.15) is 0 Å². The third-order valence-corrected chi connectivity index (χ3v) is 5.91. The van der Waals surface area contributed by atoms with E-state index in [9.17, 15) is 5.26 Å². The van der Waals surface area contributed by atoms with Gasteiger partial charge in [-0.25, -0.2) is 4.85 Å². The lowest BCUT2D eigenvalue weighted by atomic mass is 9.96. The predicted octanol–water partition coefficient (Wildman–Crippen LogP) is 6.65. The maximum Gasteiger partial charge on any atom is 0.209 e. The maximum absolute atomic E-state index is 9.50. The second kappa shape index (κ2) is 6.59. The van der Waals surface area contributed by atoms with Crippen molar-refractivity contribution >= 4 is 50.2 Å². The summed E-state index contributed by atoms with van der Waals surface area (Å²) in [5.74, 6) is 0. The van der Waals surface area contributed by atoms with Crippen molar-refractivity contribution < 1.29 is 0 Å². The molecule has 3 rings (SSSR count). The maximum atomic E-state index is 9.50. The second-order valence-electron chi connectivity index (χ2n) is 5.71. The monoisotopic (exact) mass is 359 g/mol. The van der Waals surface area contributed by atoms with Gasteiger partial charge >= 0.3 is 0 Å². The average molecular weight is 359 g/mol. The van der Waals surface area contributed by atoms with Gasteiger partial charge in [-0.2, -0.15) is 10.3 Å². The summed E-state index contributed by atoms with van der Waals surface area (Å²) >= 11 is 6.30. The Morgan fingerprint density at radius 3 is 2.36 bits per heavy atom. The summed E-state index contributed by atoms with van der Waals surface area (Å²) in [7, 11) is 0. The van der Waals surface area contributed by atoms with Gasteiger partial charge in [0.2, 0.25) is 5.69 Å². The van der Waals surface area contributed by atoms with Crippen LogP contribution in [0.15, 0.2) is 29.3 Å². The van der Waals surface area contributed by atoms with Gasteiger partial charge in [-0.3, -0.25) is 0 Å². The van der Waals surface area contributed by atoms with Crippen LogP contribution >= 0.6 is 23.6 Å². The summed E-state index contributed by atoms with van der Waals surface area (Å²) in [5, 5.41) is 12.9. The molecule has 0 bridgehead atoms. The largest absolute Gasteiger partial charge is 0.236 e. The number of nitriles is 1. The molecule has 25 heavy (non-hydrogen) atoms. The molecule has 0 saturated heterocycles. The molecular weight excluding hydrogens is 346 g/mol. The molecule has 0 amide bonds. The molecule has 0 atom stereocenters. The van der Waals surface area contributed by atoms with E-state index in [4.69, 9.17) is 6.57 Å². The smallest absolute Gasteiger partial charge is 0.209 e. The first-order valence-electron chi connectivity index (χ1n) is 7.55. The highest BCUT2D eigenvalue weighted by Gasteiger charge is 2.20. The summed E-state index contributed by atoms with van der Waals surface area (Å²) in [6.45, 7) is 13.4. The number of hydrogen-bond acceptors (Lipinski definition) is 4. The lowest BCUT2D eigenvalue weighted by Crippen LogP contribution is -1.89. The van der Waals surface area contributed by atoms with E-state index in [1.165, 1.54) is 0 Å². The number of benzene rings is 2. The lowest BCUT2D eigenvalue weighted by molar-refractivity contribution is 1.40. The van der Waals surface area contributed by atoms with Crippen molar-refractivity contribution in [2.45, 2.75) is 20.8 Å². The zero-order valence-corrected chi connectivity index (χ0v) is 15.6. The summed E-state index contributed by atoms with van der Waals surface area (Å²) in [5.41, 5.74) is 5.71. The molecule has 0 saturated carbocycles. The molecule has 0 aliphatic carbocycles. The fourth-order valence-electron chi connectivity index (χ4n) is 3.12. The van der Waals surface area contributed by atoms with Crippen molar-refractivity contribution in [2.75, 3.05) is 0 Å². The number of thiocarbonyl (C=S) groups is 1. The molecule has 0 aliphatic heterocycles. The van der Waals surface area contributed by atoms with Crippen molar-refractivity contribution in [3.8, 4) is 16.5 Å². The Kier molecular flexibility index (Phi) is 4.49. The number of isothiocyanates is 1. The van der Waals surface area contributed by atoms with Crippen LogP contribution in [0.1, 0.15) is 22.3 Å². The Morgan fingerprint density at radius 1 is 1.12 bits per heavy atom. The molecule has 2 aromatic carbocycles. The highest BCUT2D eigenvalue weighted by Crippen LogP contribution is 2.45. The Balaban J connectivity index is 2.33. The zero-order chi connectivity index (χ0) is 18.1. The van der Waals surface area contributed by atoms with Gasteiger partial charge in [-0.05, 0) is 72.8 Å². The summed E-state index contributed by atoms with van der Waals surface area (Å²) < 4.78 is 1.08. The fraction of sp³-hybridized carbons (Fsp3) is 0.150. The molecule has 5 heteroatoms. The van der Waals surface area contributed by atoms with Crippen molar-refractivity contribution in [3.05, 3.63) is 57.9 Å². The van der Waals surface area contributed by atoms with Gasteiger partial charge < -0.3 is 0 Å². The van der Waals surface area contributed by atoms with Gasteiger partial charge in [0.25, 0.3) is 0 Å². The van der Waals surface area contributed by atoms with Crippen LogP contribution in [0, 0.1) is 38.7 Å². The molecule has 0 N–H and O–H groups in total. The number of nitrogens with zero attached hydrogens (tertiary/aromatic N) is 3. The lowest BCUT2D eigenvalue weighted by Gasteiger charge is -2.08. The molecule has 3 aromatic rings. The molecule has 0 unspecified atom stereocenters. The van der Waals surface area contributed by atoms with Gasteiger partial charge in [-0.1, -0.05) is 12.1 Å². The fourth-order valence-corrected chi connectivity index (χ4v) is 4.60. The summed E-state index contributed by atoms with van der Waals surface area (Å²) in [6.07, 6.45) is 0. The number of hydrogen-bond donors (Lipinski definition) is 0. The van der Waals surface area contributed by atoms with Crippen LogP contribution in [0.25, 0.3) is 25.4 Å². The summed E-state index contributed by atoms with van der Waals surface area (Å²) in [4.78, 5) is 8.72. The SMILES string of the molecule is [C-]#[N+]c1c(C#N)c(C)c2c(C)c(-c3ccc(N=C=S)cc3)sc2c1C. The molecule has 3 nitrogen and oxygen atoms in total. The van der Waals surface area contributed by atoms with E-state index >= 15 is 0 Å². The third kappa shape index (κ3) is 2.65. The van der Waals surface area contributed by atoms with Crippen molar-refractivity contribution in [3.63, 3.8) is 0 Å². The minimum Gasteiger partial charge on any atom is -0.236 e. The van der Waals surface area contributed by atoms with Crippen LogP contribution in [0.5, 0.6) is 0 Å². The number of rotatable bonds is 2. The molecule has 0 aliphatic rings. The Labute approximate surface area is 155 Å². The normalized spacial score (nSPS) is 10.1. The van der Waals surface area contributed by atoms with Crippen molar-refractivity contribution in [1.29, 1.82) is 5.26 Å². The van der Waals surface area contributed by atoms with Crippen LogP contribution in [0.3, 0.4) is 0 Å². The third-order valence-electron chi connectivity index (χ3n) is 4.36. The molecule has 0 spiro atoms. The second-order valence-corrected chi connectivity index (χ2v) is 6.91. The highest BCUT2D eigenvalue weighted by atomic mass is 32.1. The molecule has 120 valence electrons. The van der Waals surface area contributed by atoms with Crippen LogP contribution < -0.4 is 0 Å². The molecular formula is C20H13N3S2. The first-order valence-corrected chi connectivity index (χ1v) is 8.78. The minimum absolute atomic E-state index is 0.464. The first-order chi connectivity index (χ1) is 12.0. The number of fused-ring (bicyclic) bond motifs is 1. The van der Waals surface area contributed by atoms with Gasteiger partial charge in [0, 0.05) is 9.58 Å². The standard InChI is InChI=1S/C20H13N3S2/c1-11-16(9-21)18(22-4)13(3)20-17(11)12(2)19(25-20)14-5-7-15(8-6-14)23-10-24/h5-8H,1-3H3. The quantitative estimate of drug-likeness (QED) is 0.292. The number of thiophene rings is 1. The van der Waals surface area contributed by atoms with Gasteiger partial charge in [-0.15, -0.1) is 11.3 Å². The zero-order valence-electron chi connectivity index (χ0n) is 14.0. The van der Waals surface area contributed by atoms with E-state index < -0.39 is 0 Å². The Bertz CT molecular complexity index is 1130. The Morgan fingerprint density at radius 2 is 1.80 bits per heavy atom. The molecule has 1 heterocycles. The number of aryl methyl sites for hydroxylation is 3. The van der Waals surface area contributed by atoms with Crippen molar-refractivity contribution in [1.82, 2.24) is 0 Å². The molecule has 0 fully saturated rings. The van der Waals surface area contributed by atoms with E-state index in [1.807, 2.05) is 38.1 Å². The highest BCUT2D eigenvalue weighted by molar-refractivity contribution is 7.78. The topological polar surface area (TPSA) is 40.5 Å². The first kappa shape index (κ1) is 17.0. The Hall–Kier alpha value is -2.82. The van der Waals surface area contributed by atoms with Crippen molar-refractivity contribution in [2.24, 2.45) is 4.99 Å².